The summed E-state index contributed by atoms with van der Waals surface area (Å²) in [6.07, 6.45) is 11.7. The molecule has 0 saturated heterocycles. The van der Waals surface area contributed by atoms with Gasteiger partial charge in [0.05, 0.1) is 6.10 Å². The summed E-state index contributed by atoms with van der Waals surface area (Å²) >= 11 is 0. The molecule has 0 heterocycles. The smallest absolute Gasteiger partial charge is 0.0594 e. The number of rotatable bonds is 1. The van der Waals surface area contributed by atoms with Crippen molar-refractivity contribution in [2.45, 2.75) is 72.3 Å². The van der Waals surface area contributed by atoms with Crippen molar-refractivity contribution >= 4 is 0 Å². The van der Waals surface area contributed by atoms with Crippen LogP contribution in [0.15, 0.2) is 24.3 Å². The van der Waals surface area contributed by atoms with Gasteiger partial charge in [0.2, 0.25) is 0 Å². The summed E-state index contributed by atoms with van der Waals surface area (Å²) in [5.74, 6) is 1.37. The Morgan fingerprint density at radius 3 is 2.57 bits per heavy atom. The zero-order chi connectivity index (χ0) is 15.5. The summed E-state index contributed by atoms with van der Waals surface area (Å²) < 4.78 is 0. The van der Waals surface area contributed by atoms with Crippen molar-refractivity contribution in [1.82, 2.24) is 0 Å². The van der Waals surface area contributed by atoms with Crippen molar-refractivity contribution in [3.8, 4) is 0 Å². The van der Waals surface area contributed by atoms with Gasteiger partial charge in [-0.2, -0.15) is 0 Å². The Bertz CT molecular complexity index is 474. The van der Waals surface area contributed by atoms with Gasteiger partial charge in [0.25, 0.3) is 0 Å². The molecule has 2 fully saturated rings. The Morgan fingerprint density at radius 2 is 1.90 bits per heavy atom. The minimum atomic E-state index is -0.130. The zero-order valence-electron chi connectivity index (χ0n) is 14.3. The molecule has 3 aliphatic rings. The highest BCUT2D eigenvalue weighted by Gasteiger charge is 2.56. The molecule has 0 aromatic rings. The van der Waals surface area contributed by atoms with Crippen LogP contribution < -0.4 is 0 Å². The average molecular weight is 288 g/mol. The Hall–Kier alpha value is -0.560. The van der Waals surface area contributed by atoms with Crippen LogP contribution in [0, 0.1) is 28.1 Å². The molecule has 3 aliphatic carbocycles. The maximum Gasteiger partial charge on any atom is 0.0594 e. The van der Waals surface area contributed by atoms with Gasteiger partial charge >= 0.3 is 0 Å². The van der Waals surface area contributed by atoms with Gasteiger partial charge < -0.3 is 5.11 Å². The molecular formula is C20H32O. The fraction of sp³-hybridized carbons (Fsp3) is 0.800. The number of allylic oxidation sites excluding steroid dienone is 3. The first kappa shape index (κ1) is 15.3. The summed E-state index contributed by atoms with van der Waals surface area (Å²) in [7, 11) is 0. The highest BCUT2D eigenvalue weighted by atomic mass is 16.3. The van der Waals surface area contributed by atoms with E-state index in [0.717, 1.165) is 25.2 Å². The van der Waals surface area contributed by atoms with Gasteiger partial charge in [-0.05, 0) is 66.6 Å². The maximum absolute atomic E-state index is 10.5. The molecule has 2 saturated carbocycles. The zero-order valence-corrected chi connectivity index (χ0v) is 14.3. The SMILES string of the molecule is C=CC1(C)CC=C2C(CCC3C2(C)CCC(O)C3(C)C)C1. The summed E-state index contributed by atoms with van der Waals surface area (Å²) in [6.45, 7) is 13.5. The molecule has 5 unspecified atom stereocenters. The summed E-state index contributed by atoms with van der Waals surface area (Å²) in [6, 6.07) is 0. The first-order chi connectivity index (χ1) is 9.73. The van der Waals surface area contributed by atoms with Crippen molar-refractivity contribution in [2.75, 3.05) is 0 Å². The molecule has 1 nitrogen and oxygen atoms in total. The van der Waals surface area contributed by atoms with E-state index >= 15 is 0 Å². The van der Waals surface area contributed by atoms with Crippen LogP contribution in [0.25, 0.3) is 0 Å². The van der Waals surface area contributed by atoms with Crippen molar-refractivity contribution in [1.29, 1.82) is 0 Å². The van der Waals surface area contributed by atoms with E-state index in [-0.39, 0.29) is 11.5 Å². The topological polar surface area (TPSA) is 20.2 Å². The third-order valence-corrected chi connectivity index (χ3v) is 7.36. The van der Waals surface area contributed by atoms with E-state index in [1.807, 2.05) is 0 Å². The molecule has 5 atom stereocenters. The van der Waals surface area contributed by atoms with E-state index in [1.165, 1.54) is 19.3 Å². The van der Waals surface area contributed by atoms with Gasteiger partial charge in [-0.3, -0.25) is 0 Å². The predicted molar refractivity (Wildman–Crippen MR) is 89.0 cm³/mol. The lowest BCUT2D eigenvalue weighted by Gasteiger charge is -2.60. The number of hydrogen-bond acceptors (Lipinski definition) is 1. The lowest BCUT2D eigenvalue weighted by atomic mass is 9.46. The van der Waals surface area contributed by atoms with Crippen LogP contribution in [0.1, 0.15) is 66.2 Å². The van der Waals surface area contributed by atoms with E-state index in [1.54, 1.807) is 5.57 Å². The standard InChI is InChI=1S/C20H32O/c1-6-19(4)11-9-15-14(13-19)7-8-16-18(2,3)17(21)10-12-20(15,16)5/h6,9,14,16-17,21H,1,7-8,10-13H2,2-5H3. The van der Waals surface area contributed by atoms with E-state index < -0.39 is 0 Å². The molecule has 3 rings (SSSR count). The van der Waals surface area contributed by atoms with Gasteiger partial charge in [-0.25, -0.2) is 0 Å². The average Bonchev–Trinajstić information content (AvgIpc) is 2.43. The van der Waals surface area contributed by atoms with E-state index in [2.05, 4.69) is 46.4 Å². The van der Waals surface area contributed by atoms with Crippen LogP contribution in [0.4, 0.5) is 0 Å². The van der Waals surface area contributed by atoms with Gasteiger partial charge in [-0.1, -0.05) is 45.4 Å². The summed E-state index contributed by atoms with van der Waals surface area (Å²) in [5.41, 5.74) is 2.38. The van der Waals surface area contributed by atoms with Crippen LogP contribution in [0.5, 0.6) is 0 Å². The van der Waals surface area contributed by atoms with Gasteiger partial charge in [0.15, 0.2) is 0 Å². The minimum Gasteiger partial charge on any atom is -0.393 e. The molecule has 0 spiro atoms. The number of aliphatic hydroxyl groups is 1. The second kappa shape index (κ2) is 4.72. The van der Waals surface area contributed by atoms with Crippen molar-refractivity contribution < 1.29 is 5.11 Å². The number of fused-ring (bicyclic) bond motifs is 3. The number of aliphatic hydroxyl groups excluding tert-OH is 1. The lowest BCUT2D eigenvalue weighted by Crippen LogP contribution is -2.54. The summed E-state index contributed by atoms with van der Waals surface area (Å²) in [5, 5.41) is 10.5. The molecule has 0 aromatic heterocycles. The summed E-state index contributed by atoms with van der Waals surface area (Å²) in [4.78, 5) is 0. The van der Waals surface area contributed by atoms with E-state index in [0.29, 0.717) is 16.7 Å². The molecular weight excluding hydrogens is 256 g/mol. The first-order valence-electron chi connectivity index (χ1n) is 8.75. The Morgan fingerprint density at radius 1 is 1.19 bits per heavy atom. The maximum atomic E-state index is 10.5. The second-order valence-corrected chi connectivity index (χ2v) is 9.05. The third kappa shape index (κ3) is 2.15. The quantitative estimate of drug-likeness (QED) is 0.665. The highest BCUT2D eigenvalue weighted by molar-refractivity contribution is 5.28. The van der Waals surface area contributed by atoms with Crippen molar-refractivity contribution in [3.63, 3.8) is 0 Å². The normalized spacial score (nSPS) is 48.8. The van der Waals surface area contributed by atoms with Crippen molar-refractivity contribution in [2.24, 2.45) is 28.1 Å². The molecule has 1 N–H and O–H groups in total. The fourth-order valence-electron chi connectivity index (χ4n) is 5.83. The van der Waals surface area contributed by atoms with Gasteiger partial charge in [0, 0.05) is 0 Å². The monoisotopic (exact) mass is 288 g/mol. The first-order valence-corrected chi connectivity index (χ1v) is 8.75. The number of hydrogen-bond donors (Lipinski definition) is 1. The highest BCUT2D eigenvalue weighted by Crippen LogP contribution is 2.63. The molecule has 0 aliphatic heterocycles. The Balaban J connectivity index is 1.97. The molecule has 0 radical (unpaired) electrons. The van der Waals surface area contributed by atoms with Crippen LogP contribution in [0.3, 0.4) is 0 Å². The Labute approximate surface area is 130 Å². The Kier molecular flexibility index (Phi) is 3.44. The van der Waals surface area contributed by atoms with Crippen LogP contribution in [0.2, 0.25) is 0 Å². The van der Waals surface area contributed by atoms with Crippen LogP contribution in [-0.4, -0.2) is 11.2 Å². The molecule has 21 heavy (non-hydrogen) atoms. The molecule has 0 amide bonds. The van der Waals surface area contributed by atoms with Crippen LogP contribution in [-0.2, 0) is 0 Å². The lowest BCUT2D eigenvalue weighted by molar-refractivity contribution is -0.101. The van der Waals surface area contributed by atoms with Gasteiger partial charge in [0.1, 0.15) is 0 Å². The molecule has 118 valence electrons. The largest absolute Gasteiger partial charge is 0.393 e. The van der Waals surface area contributed by atoms with Crippen LogP contribution >= 0.6 is 0 Å². The van der Waals surface area contributed by atoms with E-state index in [4.69, 9.17) is 0 Å². The van der Waals surface area contributed by atoms with E-state index in [9.17, 15) is 5.11 Å². The third-order valence-electron chi connectivity index (χ3n) is 7.36. The molecule has 1 heteroatoms. The van der Waals surface area contributed by atoms with Gasteiger partial charge in [-0.15, -0.1) is 6.58 Å². The fourth-order valence-corrected chi connectivity index (χ4v) is 5.83. The second-order valence-electron chi connectivity index (χ2n) is 9.05. The predicted octanol–water partition coefficient (Wildman–Crippen LogP) is 5.11. The van der Waals surface area contributed by atoms with Crippen molar-refractivity contribution in [3.05, 3.63) is 24.3 Å². The minimum absolute atomic E-state index is 0.0536. The molecule has 0 bridgehead atoms. The molecule has 0 aromatic carbocycles.